The Labute approximate surface area is 146 Å². The van der Waals surface area contributed by atoms with E-state index in [1.165, 1.54) is 11.3 Å². The van der Waals surface area contributed by atoms with Crippen LogP contribution in [0.25, 0.3) is 10.2 Å². The van der Waals surface area contributed by atoms with Crippen LogP contribution in [0.1, 0.15) is 10.4 Å². The van der Waals surface area contributed by atoms with Crippen LogP contribution in [0, 0.1) is 0 Å². The summed E-state index contributed by atoms with van der Waals surface area (Å²) in [6.07, 6.45) is 0. The molecule has 3 aromatic rings. The highest BCUT2D eigenvalue weighted by Crippen LogP contribution is 2.29. The lowest BCUT2D eigenvalue weighted by Crippen LogP contribution is -2.12. The van der Waals surface area contributed by atoms with Crippen LogP contribution in [-0.4, -0.2) is 10.9 Å². The van der Waals surface area contributed by atoms with Crippen LogP contribution >= 0.6 is 54.8 Å². The molecule has 2 aromatic carbocycles. The van der Waals surface area contributed by atoms with Crippen LogP contribution < -0.4 is 5.32 Å². The number of hydrogen-bond donors (Lipinski definition) is 1. The van der Waals surface area contributed by atoms with Gasteiger partial charge in [-0.2, -0.15) is 0 Å². The number of fused-ring (bicyclic) bond motifs is 1. The van der Waals surface area contributed by atoms with E-state index in [2.05, 4.69) is 42.2 Å². The van der Waals surface area contributed by atoms with Gasteiger partial charge in [0.1, 0.15) is 0 Å². The quantitative estimate of drug-likeness (QED) is 0.547. The van der Waals surface area contributed by atoms with Crippen LogP contribution in [0.3, 0.4) is 0 Å². The van der Waals surface area contributed by atoms with Crippen molar-refractivity contribution in [2.24, 2.45) is 0 Å². The fourth-order valence-electron chi connectivity index (χ4n) is 1.79. The van der Waals surface area contributed by atoms with Gasteiger partial charge in [0.15, 0.2) is 5.13 Å². The Bertz CT molecular complexity index is 850. The minimum Gasteiger partial charge on any atom is -0.298 e. The topological polar surface area (TPSA) is 42.0 Å². The Kier molecular flexibility index (Phi) is 4.31. The molecule has 0 spiro atoms. The molecule has 0 aliphatic carbocycles. The van der Waals surface area contributed by atoms with E-state index in [1.54, 1.807) is 12.1 Å². The minimum absolute atomic E-state index is 0.215. The largest absolute Gasteiger partial charge is 0.298 e. The lowest BCUT2D eigenvalue weighted by molar-refractivity contribution is 0.102. The molecular weight excluding hydrogens is 439 g/mol. The molecule has 3 rings (SSSR count). The summed E-state index contributed by atoms with van der Waals surface area (Å²) in [4.78, 5) is 16.7. The lowest BCUT2D eigenvalue weighted by atomic mass is 10.2. The van der Waals surface area contributed by atoms with Crippen molar-refractivity contribution in [2.45, 2.75) is 0 Å². The molecule has 3 nitrogen and oxygen atoms in total. The predicted molar refractivity (Wildman–Crippen MR) is 94.4 cm³/mol. The van der Waals surface area contributed by atoms with Crippen LogP contribution in [-0.2, 0) is 0 Å². The molecule has 0 unspecified atom stereocenters. The van der Waals surface area contributed by atoms with E-state index < -0.39 is 0 Å². The van der Waals surface area contributed by atoms with Crippen LogP contribution in [0.4, 0.5) is 5.13 Å². The lowest BCUT2D eigenvalue weighted by Gasteiger charge is -2.04. The zero-order valence-electron chi connectivity index (χ0n) is 10.4. The third kappa shape index (κ3) is 3.29. The van der Waals surface area contributed by atoms with E-state index in [9.17, 15) is 4.79 Å². The van der Waals surface area contributed by atoms with Gasteiger partial charge in [0.25, 0.3) is 5.91 Å². The predicted octanol–water partition coefficient (Wildman–Crippen LogP) is 5.73. The number of aromatic nitrogens is 1. The van der Waals surface area contributed by atoms with Crippen molar-refractivity contribution in [3.63, 3.8) is 0 Å². The molecule has 0 atom stereocenters. The van der Waals surface area contributed by atoms with Gasteiger partial charge in [0.05, 0.1) is 15.8 Å². The van der Waals surface area contributed by atoms with Crippen molar-refractivity contribution in [1.29, 1.82) is 0 Å². The number of nitrogens with one attached hydrogen (secondary N) is 1. The number of benzene rings is 2. The van der Waals surface area contributed by atoms with Crippen LogP contribution in [0.15, 0.2) is 45.3 Å². The standard InChI is InChI=1S/C14H7Br2ClN2OS/c15-7-1-3-10(16)9(5-7)13(20)19-14-18-11-4-2-8(17)6-12(11)21-14/h1-6H,(H,18,19,20). The van der Waals surface area contributed by atoms with E-state index >= 15 is 0 Å². The number of hydrogen-bond acceptors (Lipinski definition) is 3. The molecule has 1 amide bonds. The van der Waals surface area contributed by atoms with Gasteiger partial charge in [0.2, 0.25) is 0 Å². The molecule has 1 N–H and O–H groups in total. The number of amides is 1. The zero-order chi connectivity index (χ0) is 15.0. The molecule has 21 heavy (non-hydrogen) atoms. The van der Waals surface area contributed by atoms with Gasteiger partial charge >= 0.3 is 0 Å². The highest BCUT2D eigenvalue weighted by molar-refractivity contribution is 9.11. The van der Waals surface area contributed by atoms with Gasteiger partial charge in [-0.1, -0.05) is 38.9 Å². The second-order valence-electron chi connectivity index (χ2n) is 4.21. The minimum atomic E-state index is -0.215. The van der Waals surface area contributed by atoms with Crippen molar-refractivity contribution >= 4 is 76.1 Å². The monoisotopic (exact) mass is 444 g/mol. The summed E-state index contributed by atoms with van der Waals surface area (Å²) >= 11 is 14.1. The molecule has 0 saturated heterocycles. The molecule has 0 fully saturated rings. The van der Waals surface area contributed by atoms with Gasteiger partial charge < -0.3 is 0 Å². The Balaban J connectivity index is 1.90. The summed E-state index contributed by atoms with van der Waals surface area (Å²) in [6.45, 7) is 0. The van der Waals surface area contributed by atoms with E-state index in [1.807, 2.05) is 24.3 Å². The highest BCUT2D eigenvalue weighted by Gasteiger charge is 2.13. The van der Waals surface area contributed by atoms with Crippen molar-refractivity contribution < 1.29 is 4.79 Å². The summed E-state index contributed by atoms with van der Waals surface area (Å²) in [5, 5.41) is 4.01. The van der Waals surface area contributed by atoms with Crippen molar-refractivity contribution in [3.8, 4) is 0 Å². The van der Waals surface area contributed by atoms with Gasteiger partial charge in [0, 0.05) is 14.0 Å². The number of carbonyl (C=O) groups is 1. The average Bonchev–Trinajstić information content (AvgIpc) is 2.82. The summed E-state index contributed by atoms with van der Waals surface area (Å²) in [5.41, 5.74) is 1.36. The Morgan fingerprint density at radius 2 is 2.00 bits per heavy atom. The molecule has 1 heterocycles. The normalized spacial score (nSPS) is 10.8. The molecule has 106 valence electrons. The molecule has 0 bridgehead atoms. The Hall–Kier alpha value is -0.950. The Morgan fingerprint density at radius 3 is 2.81 bits per heavy atom. The third-order valence-electron chi connectivity index (χ3n) is 2.74. The maximum Gasteiger partial charge on any atom is 0.258 e. The van der Waals surface area contributed by atoms with Crippen LogP contribution in [0.2, 0.25) is 5.02 Å². The molecule has 7 heteroatoms. The van der Waals surface area contributed by atoms with Gasteiger partial charge in [-0.3, -0.25) is 10.1 Å². The number of halogens is 3. The SMILES string of the molecule is O=C(Nc1nc2ccc(Cl)cc2s1)c1cc(Br)ccc1Br. The summed E-state index contributed by atoms with van der Waals surface area (Å²) < 4.78 is 2.50. The maximum absolute atomic E-state index is 12.3. The van der Waals surface area contributed by atoms with Gasteiger partial charge in [-0.05, 0) is 52.3 Å². The number of rotatable bonds is 2. The zero-order valence-corrected chi connectivity index (χ0v) is 15.1. The number of anilines is 1. The summed E-state index contributed by atoms with van der Waals surface area (Å²) in [5.74, 6) is -0.215. The van der Waals surface area contributed by atoms with Gasteiger partial charge in [-0.25, -0.2) is 4.98 Å². The third-order valence-corrected chi connectivity index (χ3v) is 5.10. The Morgan fingerprint density at radius 1 is 1.19 bits per heavy atom. The fraction of sp³-hybridized carbons (Fsp3) is 0. The number of nitrogens with zero attached hydrogens (tertiary/aromatic N) is 1. The second kappa shape index (κ2) is 6.04. The maximum atomic E-state index is 12.3. The van der Waals surface area contributed by atoms with E-state index in [-0.39, 0.29) is 5.91 Å². The first kappa shape index (κ1) is 15.0. The average molecular weight is 447 g/mol. The first-order chi connectivity index (χ1) is 10.0. The highest BCUT2D eigenvalue weighted by atomic mass is 79.9. The van der Waals surface area contributed by atoms with Crippen molar-refractivity contribution in [1.82, 2.24) is 4.98 Å². The summed E-state index contributed by atoms with van der Waals surface area (Å²) in [7, 11) is 0. The molecular formula is C14H7Br2ClN2OS. The molecule has 0 radical (unpaired) electrons. The van der Waals surface area contributed by atoms with E-state index in [0.29, 0.717) is 15.7 Å². The summed E-state index contributed by atoms with van der Waals surface area (Å²) in [6, 6.07) is 10.9. The second-order valence-corrected chi connectivity index (χ2v) is 7.45. The molecule has 0 saturated carbocycles. The van der Waals surface area contributed by atoms with Gasteiger partial charge in [-0.15, -0.1) is 0 Å². The molecule has 0 aliphatic rings. The first-order valence-electron chi connectivity index (χ1n) is 5.85. The fourth-order valence-corrected chi connectivity index (χ4v) is 3.71. The number of thiazole rings is 1. The van der Waals surface area contributed by atoms with E-state index in [4.69, 9.17) is 11.6 Å². The first-order valence-corrected chi connectivity index (χ1v) is 8.63. The van der Waals surface area contributed by atoms with Crippen molar-refractivity contribution in [2.75, 3.05) is 5.32 Å². The van der Waals surface area contributed by atoms with Crippen LogP contribution in [0.5, 0.6) is 0 Å². The smallest absolute Gasteiger partial charge is 0.258 e. The van der Waals surface area contributed by atoms with Crippen molar-refractivity contribution in [3.05, 3.63) is 55.9 Å². The van der Waals surface area contributed by atoms with E-state index in [0.717, 1.165) is 19.2 Å². The number of carbonyl (C=O) groups excluding carboxylic acids is 1. The molecule has 0 aliphatic heterocycles. The molecule has 1 aromatic heterocycles.